The molecule has 1 fully saturated rings. The van der Waals surface area contributed by atoms with Crippen LogP contribution < -0.4 is 4.74 Å². The van der Waals surface area contributed by atoms with Crippen molar-refractivity contribution in [3.63, 3.8) is 0 Å². The minimum Gasteiger partial charge on any atom is -0.481 e. The molecule has 0 radical (unpaired) electrons. The van der Waals surface area contributed by atoms with E-state index in [4.69, 9.17) is 9.47 Å². The molecule has 0 spiro atoms. The molecular weight excluding hydrogens is 284 g/mol. The molecule has 5 heteroatoms. The van der Waals surface area contributed by atoms with Crippen molar-refractivity contribution >= 4 is 15.9 Å². The maximum absolute atomic E-state index is 5.48. The first-order valence-corrected chi connectivity index (χ1v) is 6.83. The second-order valence-corrected chi connectivity index (χ2v) is 4.67. The predicted molar refractivity (Wildman–Crippen MR) is 69.6 cm³/mol. The molecule has 0 saturated carbocycles. The second kappa shape index (κ2) is 6.33. The summed E-state index contributed by atoms with van der Waals surface area (Å²) in [4.78, 5) is 6.62. The number of alkyl halides is 1. The molecule has 2 rings (SSSR count). The van der Waals surface area contributed by atoms with Gasteiger partial charge in [-0.15, -0.1) is 0 Å². The van der Waals surface area contributed by atoms with Crippen LogP contribution in [0, 0.1) is 0 Å². The van der Waals surface area contributed by atoms with Gasteiger partial charge < -0.3 is 9.47 Å². The van der Waals surface area contributed by atoms with E-state index in [9.17, 15) is 0 Å². The van der Waals surface area contributed by atoms with Crippen LogP contribution in [0.1, 0.15) is 5.56 Å². The van der Waals surface area contributed by atoms with Gasteiger partial charge in [-0.3, -0.25) is 4.90 Å². The summed E-state index contributed by atoms with van der Waals surface area (Å²) in [5, 5.41) is 0.926. The summed E-state index contributed by atoms with van der Waals surface area (Å²) < 4.78 is 10.8. The fraction of sp³-hybridized carbons (Fsp3) is 0.583. The maximum atomic E-state index is 5.48. The third kappa shape index (κ3) is 3.18. The Morgan fingerprint density at radius 3 is 3.29 bits per heavy atom. The number of aromatic nitrogens is 1. The van der Waals surface area contributed by atoms with E-state index in [1.807, 2.05) is 6.07 Å². The van der Waals surface area contributed by atoms with E-state index in [2.05, 4.69) is 31.9 Å². The lowest BCUT2D eigenvalue weighted by molar-refractivity contribution is -0.00247. The molecule has 4 nitrogen and oxygen atoms in total. The summed E-state index contributed by atoms with van der Waals surface area (Å²) in [7, 11) is 1.66. The second-order valence-electron chi connectivity index (χ2n) is 4.03. The Labute approximate surface area is 110 Å². The summed E-state index contributed by atoms with van der Waals surface area (Å²) in [5.41, 5.74) is 1.13. The topological polar surface area (TPSA) is 34.6 Å². The lowest BCUT2D eigenvalue weighted by Crippen LogP contribution is -2.45. The summed E-state index contributed by atoms with van der Waals surface area (Å²) in [5.74, 6) is 0.715. The van der Waals surface area contributed by atoms with Gasteiger partial charge in [-0.2, -0.15) is 0 Å². The van der Waals surface area contributed by atoms with Gasteiger partial charge >= 0.3 is 0 Å². The fourth-order valence-corrected chi connectivity index (χ4v) is 2.58. The molecular formula is C12H17BrN2O2. The minimum atomic E-state index is 0.425. The van der Waals surface area contributed by atoms with Crippen molar-refractivity contribution in [1.29, 1.82) is 0 Å². The molecule has 1 atom stereocenters. The van der Waals surface area contributed by atoms with Crippen LogP contribution in [0.15, 0.2) is 18.3 Å². The van der Waals surface area contributed by atoms with Gasteiger partial charge in [0.1, 0.15) is 0 Å². The van der Waals surface area contributed by atoms with Gasteiger partial charge in [0.15, 0.2) is 0 Å². The molecule has 0 amide bonds. The number of halogens is 1. The van der Waals surface area contributed by atoms with Crippen LogP contribution in [0.5, 0.6) is 5.88 Å². The van der Waals surface area contributed by atoms with Gasteiger partial charge in [-0.1, -0.05) is 22.0 Å². The smallest absolute Gasteiger partial charge is 0.217 e. The highest BCUT2D eigenvalue weighted by Gasteiger charge is 2.22. The third-order valence-electron chi connectivity index (χ3n) is 2.94. The number of nitrogens with zero attached hydrogens (tertiary/aromatic N) is 2. The number of morpholine rings is 1. The first-order chi connectivity index (χ1) is 8.35. The Morgan fingerprint density at radius 2 is 2.53 bits per heavy atom. The molecule has 0 aromatic carbocycles. The van der Waals surface area contributed by atoms with Crippen molar-refractivity contribution < 1.29 is 9.47 Å². The van der Waals surface area contributed by atoms with E-state index in [0.29, 0.717) is 11.9 Å². The minimum absolute atomic E-state index is 0.425. The Balaban J connectivity index is 2.08. The van der Waals surface area contributed by atoms with Gasteiger partial charge in [0.05, 0.1) is 20.3 Å². The van der Waals surface area contributed by atoms with Gasteiger partial charge in [-0.25, -0.2) is 4.98 Å². The van der Waals surface area contributed by atoms with Crippen LogP contribution >= 0.6 is 15.9 Å². The summed E-state index contributed by atoms with van der Waals surface area (Å²) in [6, 6.07) is 4.43. The number of pyridine rings is 1. The standard InChI is InChI=1S/C12H17BrN2O2/c1-16-12-10(3-2-4-14-12)8-15-5-6-17-9-11(15)7-13/h2-4,11H,5-9H2,1H3. The van der Waals surface area contributed by atoms with Crippen molar-refractivity contribution in [1.82, 2.24) is 9.88 Å². The fourth-order valence-electron chi connectivity index (χ4n) is 1.99. The summed E-state index contributed by atoms with van der Waals surface area (Å²) >= 11 is 3.53. The number of hydrogen-bond acceptors (Lipinski definition) is 4. The van der Waals surface area contributed by atoms with E-state index >= 15 is 0 Å². The van der Waals surface area contributed by atoms with Crippen molar-refractivity contribution in [2.75, 3.05) is 32.2 Å². The quantitative estimate of drug-likeness (QED) is 0.793. The Morgan fingerprint density at radius 1 is 1.65 bits per heavy atom. The van der Waals surface area contributed by atoms with Gasteiger partial charge in [-0.05, 0) is 6.07 Å². The van der Waals surface area contributed by atoms with E-state index < -0.39 is 0 Å². The predicted octanol–water partition coefficient (Wildman–Crippen LogP) is 1.69. The van der Waals surface area contributed by atoms with Crippen molar-refractivity contribution in [3.8, 4) is 5.88 Å². The third-order valence-corrected chi connectivity index (χ3v) is 3.69. The van der Waals surface area contributed by atoms with Crippen molar-refractivity contribution in [2.45, 2.75) is 12.6 Å². The Hall–Kier alpha value is -0.650. The molecule has 1 aliphatic heterocycles. The summed E-state index contributed by atoms with van der Waals surface area (Å²) in [6.07, 6.45) is 1.75. The average Bonchev–Trinajstić information content (AvgIpc) is 2.40. The van der Waals surface area contributed by atoms with Crippen LogP contribution in [0.4, 0.5) is 0 Å². The van der Waals surface area contributed by atoms with Crippen molar-refractivity contribution in [2.24, 2.45) is 0 Å². The first-order valence-electron chi connectivity index (χ1n) is 5.70. The van der Waals surface area contributed by atoms with Crippen LogP contribution in [-0.4, -0.2) is 48.1 Å². The Bertz CT molecular complexity index is 362. The molecule has 17 heavy (non-hydrogen) atoms. The van der Waals surface area contributed by atoms with Gasteiger partial charge in [0.25, 0.3) is 0 Å². The SMILES string of the molecule is COc1ncccc1CN1CCOCC1CBr. The molecule has 1 unspecified atom stereocenters. The van der Waals surface area contributed by atoms with Crippen LogP contribution in [0.2, 0.25) is 0 Å². The number of rotatable bonds is 4. The van der Waals surface area contributed by atoms with E-state index in [1.165, 1.54) is 0 Å². The normalized spacial score (nSPS) is 21.4. The number of methoxy groups -OCH3 is 1. The molecule has 1 aromatic rings. The largest absolute Gasteiger partial charge is 0.481 e. The Kier molecular flexibility index (Phi) is 4.76. The molecule has 0 N–H and O–H groups in total. The monoisotopic (exact) mass is 300 g/mol. The number of ether oxygens (including phenoxy) is 2. The van der Waals surface area contributed by atoms with Gasteiger partial charge in [0.2, 0.25) is 5.88 Å². The maximum Gasteiger partial charge on any atom is 0.217 e. The molecule has 0 aliphatic carbocycles. The molecule has 94 valence electrons. The number of hydrogen-bond donors (Lipinski definition) is 0. The first kappa shape index (κ1) is 12.8. The summed E-state index contributed by atoms with van der Waals surface area (Å²) in [6.45, 7) is 3.39. The van der Waals surface area contributed by atoms with E-state index in [1.54, 1.807) is 13.3 Å². The average molecular weight is 301 g/mol. The lowest BCUT2D eigenvalue weighted by atomic mass is 10.2. The zero-order valence-electron chi connectivity index (χ0n) is 9.93. The zero-order chi connectivity index (χ0) is 12.1. The zero-order valence-corrected chi connectivity index (χ0v) is 11.5. The van der Waals surface area contributed by atoms with Crippen LogP contribution in [0.3, 0.4) is 0 Å². The van der Waals surface area contributed by atoms with Crippen LogP contribution in [0.25, 0.3) is 0 Å². The van der Waals surface area contributed by atoms with Gasteiger partial charge in [0, 0.05) is 36.2 Å². The lowest BCUT2D eigenvalue weighted by Gasteiger charge is -2.34. The molecule has 1 aliphatic rings. The molecule has 0 bridgehead atoms. The molecule has 1 aromatic heterocycles. The van der Waals surface area contributed by atoms with Crippen LogP contribution in [-0.2, 0) is 11.3 Å². The highest BCUT2D eigenvalue weighted by atomic mass is 79.9. The molecule has 2 heterocycles. The molecule has 1 saturated heterocycles. The van der Waals surface area contributed by atoms with E-state index in [-0.39, 0.29) is 0 Å². The van der Waals surface area contributed by atoms with E-state index in [0.717, 1.165) is 37.2 Å². The van der Waals surface area contributed by atoms with Crippen molar-refractivity contribution in [3.05, 3.63) is 23.9 Å². The highest BCUT2D eigenvalue weighted by molar-refractivity contribution is 9.09. The highest BCUT2D eigenvalue weighted by Crippen LogP contribution is 2.19.